The van der Waals surface area contributed by atoms with Crippen LogP contribution in [0.3, 0.4) is 0 Å². The van der Waals surface area contributed by atoms with E-state index in [0.29, 0.717) is 29.9 Å². The molecule has 1 N–H and O–H groups in total. The smallest absolute Gasteiger partial charge is 0.263 e. The summed E-state index contributed by atoms with van der Waals surface area (Å²) in [5, 5.41) is 1.94. The monoisotopic (exact) mass is 428 g/mol. The quantitative estimate of drug-likeness (QED) is 0.333. The van der Waals surface area contributed by atoms with Crippen LogP contribution >= 0.6 is 0 Å². The summed E-state index contributed by atoms with van der Waals surface area (Å²) in [6.07, 6.45) is -0.661. The lowest BCUT2D eigenvalue weighted by Crippen LogP contribution is -2.39. The van der Waals surface area contributed by atoms with Crippen LogP contribution in [0.2, 0.25) is 0 Å². The highest BCUT2D eigenvalue weighted by Gasteiger charge is 2.41. The number of aromatic nitrogens is 1. The van der Waals surface area contributed by atoms with E-state index in [1.807, 2.05) is 74.5 Å². The average molecular weight is 428 g/mol. The first-order valence-electron chi connectivity index (χ1n) is 10.9. The van der Waals surface area contributed by atoms with E-state index < -0.39 is 6.29 Å². The molecule has 6 nitrogen and oxygen atoms in total. The molecular formula is C26H24N2O4. The Kier molecular flexibility index (Phi) is 5.25. The molecule has 2 heterocycles. The standard InChI is InChI=1S/C26H24N2O4/c1-3-31-21(32-4-2)15-28-25(29)22-18(16-10-6-5-7-11-16)14-19-17-12-8-9-13-20(17)27-24(19)23(22)26(28)30/h5-14,21,27H,3-4,15H2,1-2H3. The minimum Gasteiger partial charge on any atom is -0.354 e. The molecule has 0 saturated carbocycles. The van der Waals surface area contributed by atoms with Crippen molar-refractivity contribution in [3.8, 4) is 11.1 Å². The number of para-hydroxylation sites is 1. The zero-order chi connectivity index (χ0) is 22.2. The van der Waals surface area contributed by atoms with Crippen LogP contribution in [-0.2, 0) is 9.47 Å². The van der Waals surface area contributed by atoms with Gasteiger partial charge in [-0.2, -0.15) is 0 Å². The average Bonchev–Trinajstić information content (AvgIpc) is 3.30. The van der Waals surface area contributed by atoms with Crippen LogP contribution in [0.25, 0.3) is 32.9 Å². The first kappa shape index (κ1) is 20.4. The van der Waals surface area contributed by atoms with Crippen LogP contribution in [0, 0.1) is 0 Å². The number of nitrogens with zero attached hydrogens (tertiary/aromatic N) is 1. The molecule has 0 unspecified atom stereocenters. The van der Waals surface area contributed by atoms with Crippen molar-refractivity contribution in [1.29, 1.82) is 0 Å². The van der Waals surface area contributed by atoms with Crippen molar-refractivity contribution in [3.63, 3.8) is 0 Å². The molecule has 0 radical (unpaired) electrons. The lowest BCUT2D eigenvalue weighted by Gasteiger charge is -2.22. The number of nitrogens with one attached hydrogen (secondary N) is 1. The number of benzene rings is 3. The molecule has 0 aliphatic carbocycles. The van der Waals surface area contributed by atoms with E-state index in [2.05, 4.69) is 4.98 Å². The van der Waals surface area contributed by atoms with Crippen molar-refractivity contribution < 1.29 is 19.1 Å². The molecule has 1 aliphatic rings. The summed E-state index contributed by atoms with van der Waals surface area (Å²) >= 11 is 0. The Morgan fingerprint density at radius 1 is 0.844 bits per heavy atom. The van der Waals surface area contributed by atoms with Gasteiger partial charge in [-0.3, -0.25) is 14.5 Å². The Morgan fingerprint density at radius 3 is 2.22 bits per heavy atom. The highest BCUT2D eigenvalue weighted by atomic mass is 16.7. The van der Waals surface area contributed by atoms with Crippen molar-refractivity contribution >= 4 is 33.6 Å². The van der Waals surface area contributed by atoms with Gasteiger partial charge in [-0.25, -0.2) is 0 Å². The molecule has 0 fully saturated rings. The molecule has 6 heteroatoms. The fraction of sp³-hybridized carbons (Fsp3) is 0.231. The Balaban J connectivity index is 1.73. The molecule has 3 aromatic carbocycles. The second kappa shape index (κ2) is 8.22. The lowest BCUT2D eigenvalue weighted by molar-refractivity contribution is -0.140. The van der Waals surface area contributed by atoms with E-state index in [1.165, 1.54) is 4.90 Å². The molecule has 4 aromatic rings. The van der Waals surface area contributed by atoms with Gasteiger partial charge in [-0.05, 0) is 37.1 Å². The first-order valence-corrected chi connectivity index (χ1v) is 10.9. The van der Waals surface area contributed by atoms with Crippen LogP contribution < -0.4 is 0 Å². The maximum absolute atomic E-state index is 13.6. The summed E-state index contributed by atoms with van der Waals surface area (Å²) in [5.74, 6) is -0.655. The summed E-state index contributed by atoms with van der Waals surface area (Å²) in [6.45, 7) is 4.61. The number of amides is 2. The second-order valence-corrected chi connectivity index (χ2v) is 7.69. The third kappa shape index (κ3) is 3.20. The molecule has 0 saturated heterocycles. The Hall–Kier alpha value is -3.48. The lowest BCUT2D eigenvalue weighted by atomic mass is 9.93. The van der Waals surface area contributed by atoms with Crippen molar-refractivity contribution in [3.05, 3.63) is 71.8 Å². The summed E-state index contributed by atoms with van der Waals surface area (Å²) in [7, 11) is 0. The molecule has 0 bridgehead atoms. The Morgan fingerprint density at radius 2 is 1.50 bits per heavy atom. The van der Waals surface area contributed by atoms with E-state index in [0.717, 1.165) is 27.4 Å². The van der Waals surface area contributed by atoms with Gasteiger partial charge in [0.15, 0.2) is 6.29 Å². The first-order chi connectivity index (χ1) is 15.6. The minimum absolute atomic E-state index is 0.0456. The van der Waals surface area contributed by atoms with Gasteiger partial charge in [-0.15, -0.1) is 0 Å². The van der Waals surface area contributed by atoms with Gasteiger partial charge in [-0.1, -0.05) is 48.5 Å². The minimum atomic E-state index is -0.661. The van der Waals surface area contributed by atoms with Gasteiger partial charge < -0.3 is 14.5 Å². The highest BCUT2D eigenvalue weighted by Crippen LogP contribution is 2.40. The zero-order valence-electron chi connectivity index (χ0n) is 18.1. The van der Waals surface area contributed by atoms with E-state index in [1.54, 1.807) is 0 Å². The number of rotatable bonds is 7. The maximum Gasteiger partial charge on any atom is 0.263 e. The van der Waals surface area contributed by atoms with Gasteiger partial charge in [0.2, 0.25) is 0 Å². The van der Waals surface area contributed by atoms with Crippen LogP contribution in [0.4, 0.5) is 0 Å². The van der Waals surface area contributed by atoms with E-state index in [9.17, 15) is 9.59 Å². The predicted molar refractivity (Wildman–Crippen MR) is 124 cm³/mol. The summed E-state index contributed by atoms with van der Waals surface area (Å²) in [4.78, 5) is 31.8. The number of aromatic amines is 1. The van der Waals surface area contributed by atoms with Crippen molar-refractivity contribution in [2.24, 2.45) is 0 Å². The van der Waals surface area contributed by atoms with Gasteiger partial charge in [0.05, 0.1) is 23.2 Å². The molecule has 1 aliphatic heterocycles. The van der Waals surface area contributed by atoms with Crippen LogP contribution in [0.5, 0.6) is 0 Å². The molecule has 0 spiro atoms. The number of ether oxygens (including phenoxy) is 2. The van der Waals surface area contributed by atoms with E-state index in [-0.39, 0.29) is 18.4 Å². The van der Waals surface area contributed by atoms with Gasteiger partial charge in [0, 0.05) is 29.5 Å². The topological polar surface area (TPSA) is 71.6 Å². The fourth-order valence-corrected chi connectivity index (χ4v) is 4.47. The number of carbonyl (C=O) groups is 2. The van der Waals surface area contributed by atoms with Crippen LogP contribution in [-0.4, -0.2) is 47.7 Å². The molecule has 32 heavy (non-hydrogen) atoms. The summed E-state index contributed by atoms with van der Waals surface area (Å²) in [6, 6.07) is 19.6. The number of imide groups is 1. The molecule has 5 rings (SSSR count). The van der Waals surface area contributed by atoms with Crippen LogP contribution in [0.1, 0.15) is 34.6 Å². The molecule has 0 atom stereocenters. The number of carbonyl (C=O) groups excluding carboxylic acids is 2. The summed E-state index contributed by atoms with van der Waals surface area (Å²) < 4.78 is 11.2. The zero-order valence-corrected chi connectivity index (χ0v) is 18.1. The van der Waals surface area contributed by atoms with Crippen molar-refractivity contribution in [2.45, 2.75) is 20.1 Å². The second-order valence-electron chi connectivity index (χ2n) is 7.69. The fourth-order valence-electron chi connectivity index (χ4n) is 4.47. The van der Waals surface area contributed by atoms with Gasteiger partial charge >= 0.3 is 0 Å². The number of fused-ring (bicyclic) bond motifs is 5. The third-order valence-electron chi connectivity index (χ3n) is 5.84. The molecule has 1 aromatic heterocycles. The molecule has 2 amide bonds. The predicted octanol–water partition coefficient (Wildman–Crippen LogP) is 4.98. The number of hydrogen-bond acceptors (Lipinski definition) is 4. The van der Waals surface area contributed by atoms with Gasteiger partial charge in [0.1, 0.15) is 0 Å². The summed E-state index contributed by atoms with van der Waals surface area (Å²) in [5.41, 5.74) is 4.09. The third-order valence-corrected chi connectivity index (χ3v) is 5.84. The largest absolute Gasteiger partial charge is 0.354 e. The highest BCUT2D eigenvalue weighted by molar-refractivity contribution is 6.30. The SMILES string of the molecule is CCOC(CN1C(=O)c2c(-c3ccccc3)cc3c([nH]c4ccccc43)c2C1=O)OCC. The van der Waals surface area contributed by atoms with Crippen molar-refractivity contribution in [1.82, 2.24) is 9.88 Å². The molecular weight excluding hydrogens is 404 g/mol. The number of hydrogen-bond donors (Lipinski definition) is 1. The number of H-pyrrole nitrogens is 1. The Labute approximate surface area is 185 Å². The van der Waals surface area contributed by atoms with Gasteiger partial charge in [0.25, 0.3) is 11.8 Å². The van der Waals surface area contributed by atoms with Crippen LogP contribution in [0.15, 0.2) is 60.7 Å². The van der Waals surface area contributed by atoms with E-state index >= 15 is 0 Å². The Bertz CT molecular complexity index is 1320. The van der Waals surface area contributed by atoms with Crippen molar-refractivity contribution in [2.75, 3.05) is 19.8 Å². The maximum atomic E-state index is 13.6. The normalized spacial score (nSPS) is 13.7. The molecule has 162 valence electrons. The van der Waals surface area contributed by atoms with E-state index in [4.69, 9.17) is 9.47 Å².